The van der Waals surface area contributed by atoms with Crippen LogP contribution in [-0.4, -0.2) is 27.4 Å². The molecule has 12 heteroatoms. The average Bonchev–Trinajstić information content (AvgIpc) is 1.56. The Labute approximate surface area is 782 Å². The van der Waals surface area contributed by atoms with Gasteiger partial charge in [0.25, 0.3) is 0 Å². The predicted molar refractivity (Wildman–Crippen MR) is 585 cm³/mol. The minimum atomic E-state index is 1.23. The van der Waals surface area contributed by atoms with Crippen LogP contribution in [0, 0.1) is 6.92 Å². The molecule has 0 spiro atoms. The van der Waals surface area contributed by atoms with Crippen molar-refractivity contribution >= 4 is 320 Å². The molecule has 0 aliphatic carbocycles. The van der Waals surface area contributed by atoms with E-state index in [0.717, 1.165) is 0 Å². The molecule has 0 aliphatic rings. The van der Waals surface area contributed by atoms with Crippen molar-refractivity contribution in [3.05, 3.63) is 394 Å². The van der Waals surface area contributed by atoms with Crippen LogP contribution in [-0.2, 0) is 35.2 Å². The Morgan fingerprint density at radius 2 is 0.492 bits per heavy atom. The summed E-state index contributed by atoms with van der Waals surface area (Å²) in [5.74, 6) is 0. The fraction of sp³-hybridized carbons (Fsp3) is 0.0500. The zero-order chi connectivity index (χ0) is 87.8. The highest BCUT2D eigenvalue weighted by Crippen LogP contribution is 2.49. The Morgan fingerprint density at radius 3 is 1.03 bits per heavy atom. The smallest absolute Gasteiger partial charge is 0.0719 e. The van der Waals surface area contributed by atoms with Crippen LogP contribution in [0.5, 0.6) is 0 Å². The molecule has 19 aromatic carbocycles. The standard InChI is InChI=1S/C25H17NS.5C19H13NS/c1-16-7-6-8-17(15-16)26-22-11-4-2-9-18(22)20-13-14-21-19-10-3-5-12-23(19)27-25(21)24(20)26;1-20-15-8-4-2-7-14(15)18-16(20)11-10-13-12-6-3-5-9-17(12)21-19(13)18;1-20-16-8-4-2-6-12(16)14-11-19-15(10-17(14)20)13-7-3-5-9-18(13)21-19;1-20-16-8-4-2-6-12(16)14-10-15-13-7-3-5-9-18(13)21-19(15)11-17(14)20;1-20-15-8-4-2-6-12(15)13-10-11-17-18(19(13)20)14-7-3-5-9-16(14)21-17;1-20-16-8-4-2-6-12(16)14-10-11-15-13-7-3-5-9-17(13)21-19(15)18(14)20/h2-15H,1H3;5*2-11H,1H3. The van der Waals surface area contributed by atoms with Gasteiger partial charge in [0.15, 0.2) is 0 Å². The maximum Gasteiger partial charge on any atom is 0.0719 e. The molecule has 628 valence electrons. The second-order valence-corrected chi connectivity index (χ2v) is 41.1. The van der Waals surface area contributed by atoms with E-state index in [-0.39, 0.29) is 0 Å². The normalized spacial score (nSPS) is 12.0. The highest BCUT2D eigenvalue weighted by atomic mass is 32.1. The molecule has 0 fully saturated rings. The van der Waals surface area contributed by atoms with E-state index >= 15 is 0 Å². The Bertz CT molecular complexity index is 10100. The molecule has 0 saturated carbocycles. The van der Waals surface area contributed by atoms with Crippen LogP contribution in [0.3, 0.4) is 0 Å². The zero-order valence-electron chi connectivity index (χ0n) is 73.1. The number of rotatable bonds is 1. The average molecular weight is 1800 g/mol. The van der Waals surface area contributed by atoms with Crippen LogP contribution in [0.1, 0.15) is 5.56 Å². The molecule has 12 heterocycles. The van der Waals surface area contributed by atoms with E-state index in [1.807, 2.05) is 68.0 Å². The van der Waals surface area contributed by atoms with Crippen LogP contribution in [0.15, 0.2) is 388 Å². The first-order valence-corrected chi connectivity index (χ1v) is 49.7. The first-order valence-electron chi connectivity index (χ1n) is 44.8. The van der Waals surface area contributed by atoms with Crippen molar-refractivity contribution in [3.8, 4) is 5.69 Å². The molecular formula is C120H82N6S6. The van der Waals surface area contributed by atoms with E-state index in [1.165, 1.54) is 263 Å². The summed E-state index contributed by atoms with van der Waals surface area (Å²) in [5.41, 5.74) is 18.3. The molecule has 0 N–H and O–H groups in total. The Hall–Kier alpha value is -14.7. The SMILES string of the molecule is Cc1cccc(-n2c3ccccc3c3ccc4c5ccccc5sc4c32)c1.Cn1c2ccccc2c2c3sc4ccccc4c3ccc21.Cn1c2ccccc2c2cc3c(cc21)sc1ccccc13.Cn1c2ccccc2c2cc3sc4ccccc4c3cc21.Cn1c2ccccc2c2ccc3c4ccccc4sc3c21.Cn1c2ccccc2c2ccc3sc4ccccc4c3c21. The minimum Gasteiger partial charge on any atom is -0.344 e. The summed E-state index contributed by atoms with van der Waals surface area (Å²) in [4.78, 5) is 0. The summed E-state index contributed by atoms with van der Waals surface area (Å²) in [6, 6.07) is 141. The summed E-state index contributed by atoms with van der Waals surface area (Å²) < 4.78 is 30.5. The monoisotopic (exact) mass is 1800 g/mol. The van der Waals surface area contributed by atoms with E-state index in [2.05, 4.69) is 458 Å². The molecule has 0 saturated heterocycles. The van der Waals surface area contributed by atoms with Crippen LogP contribution in [0.4, 0.5) is 0 Å². The number of nitrogens with zero attached hydrogens (tertiary/aromatic N) is 6. The maximum atomic E-state index is 2.44. The molecular weight excluding hydrogens is 1720 g/mol. The Kier molecular flexibility index (Phi) is 18.4. The lowest BCUT2D eigenvalue weighted by Gasteiger charge is -2.09. The lowest BCUT2D eigenvalue weighted by molar-refractivity contribution is 1.01. The predicted octanol–water partition coefficient (Wildman–Crippen LogP) is 36.0. The summed E-state index contributed by atoms with van der Waals surface area (Å²) in [6.45, 7) is 2.16. The van der Waals surface area contributed by atoms with Crippen molar-refractivity contribution in [2.75, 3.05) is 0 Å². The van der Waals surface area contributed by atoms with Crippen molar-refractivity contribution < 1.29 is 0 Å². The molecule has 0 atom stereocenters. The van der Waals surface area contributed by atoms with Gasteiger partial charge in [-0.1, -0.05) is 267 Å². The largest absolute Gasteiger partial charge is 0.344 e. The Morgan fingerprint density at radius 1 is 0.159 bits per heavy atom. The molecule has 31 rings (SSSR count). The third-order valence-corrected chi connectivity index (χ3v) is 34.5. The fourth-order valence-corrected chi connectivity index (χ4v) is 28.5. The molecule has 31 aromatic rings. The number of hydrogen-bond donors (Lipinski definition) is 0. The molecule has 132 heavy (non-hydrogen) atoms. The quantitative estimate of drug-likeness (QED) is 0.157. The van der Waals surface area contributed by atoms with Gasteiger partial charge in [0, 0.05) is 250 Å². The van der Waals surface area contributed by atoms with Crippen LogP contribution in [0.2, 0.25) is 0 Å². The number of benzene rings is 19. The highest BCUT2D eigenvalue weighted by molar-refractivity contribution is 7.28. The molecule has 0 amide bonds. The Balaban J connectivity index is 0.0000000832. The lowest BCUT2D eigenvalue weighted by Crippen LogP contribution is -1.94. The summed E-state index contributed by atoms with van der Waals surface area (Å²) in [5, 5.41) is 32.6. The number of thiophene rings is 6. The van der Waals surface area contributed by atoms with Crippen LogP contribution in [0.25, 0.3) is 258 Å². The summed E-state index contributed by atoms with van der Waals surface area (Å²) in [7, 11) is 10.8. The molecule has 0 bridgehead atoms. The van der Waals surface area contributed by atoms with Gasteiger partial charge in [-0.15, -0.1) is 68.0 Å². The number of aryl methyl sites for hydroxylation is 6. The van der Waals surface area contributed by atoms with Gasteiger partial charge in [0.05, 0.1) is 42.5 Å². The van der Waals surface area contributed by atoms with Gasteiger partial charge in [0.2, 0.25) is 0 Å². The second kappa shape index (κ2) is 31.0. The topological polar surface area (TPSA) is 29.6 Å². The molecule has 12 aromatic heterocycles. The van der Waals surface area contributed by atoms with E-state index < -0.39 is 0 Å². The van der Waals surface area contributed by atoms with Gasteiger partial charge in [-0.3, -0.25) is 0 Å². The van der Waals surface area contributed by atoms with Gasteiger partial charge >= 0.3 is 0 Å². The van der Waals surface area contributed by atoms with E-state index in [4.69, 9.17) is 0 Å². The molecule has 6 nitrogen and oxygen atoms in total. The van der Waals surface area contributed by atoms with Crippen LogP contribution < -0.4 is 0 Å². The van der Waals surface area contributed by atoms with Gasteiger partial charge in [-0.25, -0.2) is 0 Å². The van der Waals surface area contributed by atoms with Crippen molar-refractivity contribution in [1.29, 1.82) is 0 Å². The second-order valence-electron chi connectivity index (χ2n) is 34.7. The number of fused-ring (bicyclic) bond motifs is 40. The van der Waals surface area contributed by atoms with Crippen molar-refractivity contribution in [2.45, 2.75) is 6.92 Å². The first-order chi connectivity index (χ1) is 65.0. The number of para-hydroxylation sites is 6. The van der Waals surface area contributed by atoms with E-state index in [0.29, 0.717) is 0 Å². The van der Waals surface area contributed by atoms with Crippen LogP contribution >= 0.6 is 68.0 Å². The van der Waals surface area contributed by atoms with Crippen molar-refractivity contribution in [2.24, 2.45) is 35.2 Å². The maximum absolute atomic E-state index is 2.44. The zero-order valence-corrected chi connectivity index (χ0v) is 78.0. The number of aromatic nitrogens is 6. The molecule has 0 radical (unpaired) electrons. The van der Waals surface area contributed by atoms with Crippen molar-refractivity contribution in [1.82, 2.24) is 27.4 Å². The third kappa shape index (κ3) is 12.2. The van der Waals surface area contributed by atoms with Gasteiger partial charge in [0.1, 0.15) is 0 Å². The van der Waals surface area contributed by atoms with E-state index in [9.17, 15) is 0 Å². The highest BCUT2D eigenvalue weighted by Gasteiger charge is 2.23. The minimum absolute atomic E-state index is 1.23. The third-order valence-electron chi connectivity index (χ3n) is 27.5. The number of hydrogen-bond acceptors (Lipinski definition) is 6. The van der Waals surface area contributed by atoms with Gasteiger partial charge in [-0.2, -0.15) is 0 Å². The first kappa shape index (κ1) is 78.4. The molecule has 0 aliphatic heterocycles. The fourth-order valence-electron chi connectivity index (χ4n) is 21.4. The van der Waals surface area contributed by atoms with Crippen molar-refractivity contribution in [3.63, 3.8) is 0 Å². The van der Waals surface area contributed by atoms with Gasteiger partial charge in [-0.05, 0) is 134 Å². The lowest BCUT2D eigenvalue weighted by atomic mass is 10.1. The molecule has 0 unspecified atom stereocenters. The van der Waals surface area contributed by atoms with E-state index in [1.54, 1.807) is 0 Å². The van der Waals surface area contributed by atoms with Gasteiger partial charge < -0.3 is 27.4 Å². The summed E-state index contributed by atoms with van der Waals surface area (Å²) in [6.07, 6.45) is 0. The summed E-state index contributed by atoms with van der Waals surface area (Å²) >= 11 is 11.4.